The maximum absolute atomic E-state index is 11.3. The maximum atomic E-state index is 11.3. The lowest BCUT2D eigenvalue weighted by Gasteiger charge is -2.37. The number of hydrogen-bond donors (Lipinski definition) is 2. The van der Waals surface area contributed by atoms with Crippen LogP contribution in [0.2, 0.25) is 0 Å². The van der Waals surface area contributed by atoms with E-state index in [1.54, 1.807) is 0 Å². The van der Waals surface area contributed by atoms with Gasteiger partial charge in [0, 0.05) is 0 Å². The van der Waals surface area contributed by atoms with Gasteiger partial charge in [0.2, 0.25) is 0 Å². The molecule has 0 spiro atoms. The van der Waals surface area contributed by atoms with Crippen molar-refractivity contribution in [3.05, 3.63) is 0 Å². The number of unbranched alkanes of at least 4 members (excludes halogenated alkanes) is 9. The van der Waals surface area contributed by atoms with Crippen LogP contribution in [0.25, 0.3) is 0 Å². The van der Waals surface area contributed by atoms with Crippen molar-refractivity contribution < 1.29 is 19.8 Å². The van der Waals surface area contributed by atoms with Crippen LogP contribution in [-0.4, -0.2) is 22.2 Å². The molecule has 0 bridgehead atoms. The van der Waals surface area contributed by atoms with Gasteiger partial charge in [-0.05, 0) is 38.5 Å². The second-order valence-electron chi connectivity index (χ2n) is 8.91. The number of carboxylic acid groups (broad SMARTS) is 2. The lowest BCUT2D eigenvalue weighted by atomic mass is 9.66. The smallest absolute Gasteiger partial charge is 0.309 e. The SMILES string of the molecule is O=C(O)C1(CCCCCCCCCCCCC2(C(=O)O)CCC2)CCC1. The quantitative estimate of drug-likeness (QED) is 0.339. The fraction of sp³-hybridized carbons (Fsp3) is 0.909. The molecule has 0 aromatic heterocycles. The molecule has 0 atom stereocenters. The van der Waals surface area contributed by atoms with Gasteiger partial charge in [0.15, 0.2) is 0 Å². The van der Waals surface area contributed by atoms with Crippen LogP contribution >= 0.6 is 0 Å². The summed E-state index contributed by atoms with van der Waals surface area (Å²) < 4.78 is 0. The molecule has 0 aromatic rings. The largest absolute Gasteiger partial charge is 0.481 e. The van der Waals surface area contributed by atoms with Crippen molar-refractivity contribution >= 4 is 11.9 Å². The summed E-state index contributed by atoms with van der Waals surface area (Å²) in [6.45, 7) is 0. The zero-order chi connectivity index (χ0) is 18.9. The third kappa shape index (κ3) is 5.72. The Morgan fingerprint density at radius 2 is 0.808 bits per heavy atom. The lowest BCUT2D eigenvalue weighted by molar-refractivity contribution is -0.156. The number of rotatable bonds is 15. The highest BCUT2D eigenvalue weighted by Crippen LogP contribution is 2.46. The van der Waals surface area contributed by atoms with Gasteiger partial charge in [0.05, 0.1) is 10.8 Å². The fourth-order valence-electron chi connectivity index (χ4n) is 4.69. The molecule has 0 unspecified atom stereocenters. The van der Waals surface area contributed by atoms with E-state index in [4.69, 9.17) is 0 Å². The molecule has 0 radical (unpaired) electrons. The molecule has 2 saturated carbocycles. The second kappa shape index (κ2) is 10.3. The second-order valence-corrected chi connectivity index (χ2v) is 8.91. The Bertz CT molecular complexity index is 407. The van der Waals surface area contributed by atoms with Crippen LogP contribution in [0.4, 0.5) is 0 Å². The average molecular weight is 367 g/mol. The minimum absolute atomic E-state index is 0.362. The van der Waals surface area contributed by atoms with Crippen LogP contribution < -0.4 is 0 Å². The molecule has 0 aliphatic heterocycles. The van der Waals surface area contributed by atoms with E-state index in [-0.39, 0.29) is 10.8 Å². The van der Waals surface area contributed by atoms with Crippen molar-refractivity contribution in [2.75, 3.05) is 0 Å². The van der Waals surface area contributed by atoms with Gasteiger partial charge in [-0.25, -0.2) is 0 Å². The van der Waals surface area contributed by atoms with E-state index in [0.29, 0.717) is 0 Å². The van der Waals surface area contributed by atoms with Crippen molar-refractivity contribution in [2.45, 2.75) is 116 Å². The molecular weight excluding hydrogens is 328 g/mol. The van der Waals surface area contributed by atoms with Gasteiger partial charge in [-0.15, -0.1) is 0 Å². The minimum atomic E-state index is -0.574. The van der Waals surface area contributed by atoms with Crippen molar-refractivity contribution in [3.63, 3.8) is 0 Å². The van der Waals surface area contributed by atoms with Crippen LogP contribution in [0.15, 0.2) is 0 Å². The van der Waals surface area contributed by atoms with Crippen LogP contribution in [0.1, 0.15) is 116 Å². The number of carboxylic acids is 2. The monoisotopic (exact) mass is 366 g/mol. The van der Waals surface area contributed by atoms with Gasteiger partial charge in [-0.1, -0.05) is 77.0 Å². The van der Waals surface area contributed by atoms with Gasteiger partial charge in [-0.2, -0.15) is 0 Å². The van der Waals surface area contributed by atoms with Gasteiger partial charge < -0.3 is 10.2 Å². The summed E-state index contributed by atoms with van der Waals surface area (Å²) in [5, 5.41) is 18.6. The Morgan fingerprint density at radius 3 is 1.00 bits per heavy atom. The summed E-state index contributed by atoms with van der Waals surface area (Å²) in [6, 6.07) is 0. The van der Waals surface area contributed by atoms with Gasteiger partial charge >= 0.3 is 11.9 Å². The zero-order valence-corrected chi connectivity index (χ0v) is 16.4. The molecular formula is C22H38O4. The standard InChI is InChI=1S/C22H38O4/c23-19(24)21(15-11-16-21)13-9-7-5-3-1-2-4-6-8-10-14-22(20(25)26)17-12-18-22/h1-18H2,(H,23,24)(H,25,26). The molecule has 2 N–H and O–H groups in total. The summed E-state index contributed by atoms with van der Waals surface area (Å²) in [5.74, 6) is -1.15. The molecule has 2 aliphatic carbocycles. The first-order chi connectivity index (χ1) is 12.5. The predicted octanol–water partition coefficient (Wildman–Crippen LogP) is 6.18. The Kier molecular flexibility index (Phi) is 8.43. The van der Waals surface area contributed by atoms with E-state index in [0.717, 1.165) is 64.2 Å². The van der Waals surface area contributed by atoms with E-state index in [1.165, 1.54) is 51.4 Å². The van der Waals surface area contributed by atoms with E-state index in [1.807, 2.05) is 0 Å². The van der Waals surface area contributed by atoms with Crippen molar-refractivity contribution in [1.29, 1.82) is 0 Å². The summed E-state index contributed by atoms with van der Waals surface area (Å²) in [7, 11) is 0. The van der Waals surface area contributed by atoms with E-state index in [9.17, 15) is 19.8 Å². The van der Waals surface area contributed by atoms with Crippen LogP contribution in [0.3, 0.4) is 0 Å². The first-order valence-electron chi connectivity index (χ1n) is 11.0. The topological polar surface area (TPSA) is 74.6 Å². The van der Waals surface area contributed by atoms with Crippen molar-refractivity contribution in [3.8, 4) is 0 Å². The van der Waals surface area contributed by atoms with E-state index in [2.05, 4.69) is 0 Å². The number of aliphatic carboxylic acids is 2. The Hall–Kier alpha value is -1.06. The first-order valence-corrected chi connectivity index (χ1v) is 11.0. The lowest BCUT2D eigenvalue weighted by Crippen LogP contribution is -2.37. The molecule has 26 heavy (non-hydrogen) atoms. The number of hydrogen-bond acceptors (Lipinski definition) is 2. The van der Waals surface area contributed by atoms with Crippen molar-refractivity contribution in [2.24, 2.45) is 10.8 Å². The fourth-order valence-corrected chi connectivity index (χ4v) is 4.69. The molecule has 0 saturated heterocycles. The molecule has 4 nitrogen and oxygen atoms in total. The van der Waals surface area contributed by atoms with Gasteiger partial charge in [0.25, 0.3) is 0 Å². The van der Waals surface area contributed by atoms with E-state index >= 15 is 0 Å². The Balaban J connectivity index is 1.35. The normalized spacial score (nSPS) is 20.2. The van der Waals surface area contributed by atoms with Gasteiger partial charge in [-0.3, -0.25) is 9.59 Å². The van der Waals surface area contributed by atoms with Crippen LogP contribution in [0.5, 0.6) is 0 Å². The zero-order valence-electron chi connectivity index (χ0n) is 16.4. The first kappa shape index (κ1) is 21.2. The van der Waals surface area contributed by atoms with E-state index < -0.39 is 11.9 Å². The molecule has 2 rings (SSSR count). The molecule has 4 heteroatoms. The van der Waals surface area contributed by atoms with Crippen LogP contribution in [-0.2, 0) is 9.59 Å². The minimum Gasteiger partial charge on any atom is -0.481 e. The maximum Gasteiger partial charge on any atom is 0.309 e. The number of carbonyl (C=O) groups is 2. The third-order valence-electron chi connectivity index (χ3n) is 7.09. The molecule has 2 fully saturated rings. The molecule has 0 amide bonds. The van der Waals surface area contributed by atoms with Crippen molar-refractivity contribution in [1.82, 2.24) is 0 Å². The Morgan fingerprint density at radius 1 is 0.538 bits per heavy atom. The van der Waals surface area contributed by atoms with Crippen LogP contribution in [0, 0.1) is 10.8 Å². The molecule has 0 aromatic carbocycles. The highest BCUT2D eigenvalue weighted by molar-refractivity contribution is 5.76. The summed E-state index contributed by atoms with van der Waals surface area (Å²) in [6.07, 6.45) is 19.5. The van der Waals surface area contributed by atoms with Gasteiger partial charge in [0.1, 0.15) is 0 Å². The average Bonchev–Trinajstić information content (AvgIpc) is 2.51. The molecule has 2 aliphatic rings. The predicted molar refractivity (Wildman–Crippen MR) is 103 cm³/mol. The molecule has 150 valence electrons. The third-order valence-corrected chi connectivity index (χ3v) is 7.09. The Labute approximate surface area is 158 Å². The summed E-state index contributed by atoms with van der Waals surface area (Å²) in [4.78, 5) is 22.6. The highest BCUT2D eigenvalue weighted by atomic mass is 16.4. The molecule has 0 heterocycles. The summed E-state index contributed by atoms with van der Waals surface area (Å²) >= 11 is 0. The summed E-state index contributed by atoms with van der Waals surface area (Å²) in [5.41, 5.74) is -0.725. The highest BCUT2D eigenvalue weighted by Gasteiger charge is 2.44.